The number of hydrogen-bond acceptors (Lipinski definition) is 5. The van der Waals surface area contributed by atoms with E-state index in [0.29, 0.717) is 13.2 Å². The number of nitrogens with one attached hydrogen (secondary N) is 2. The van der Waals surface area contributed by atoms with Gasteiger partial charge in [-0.3, -0.25) is 19.9 Å². The first-order chi connectivity index (χ1) is 7.63. The van der Waals surface area contributed by atoms with Gasteiger partial charge in [0.15, 0.2) is 0 Å². The Labute approximate surface area is 98.2 Å². The zero-order valence-corrected chi connectivity index (χ0v) is 9.66. The molecule has 0 radical (unpaired) electrons. The molecule has 2 fully saturated rings. The molecular weight excluding hydrogens is 234 g/mol. The number of esters is 1. The molecule has 2 aliphatic heterocycles. The summed E-state index contributed by atoms with van der Waals surface area (Å²) in [7, 11) is 0. The average Bonchev–Trinajstić information content (AvgIpc) is 2.61. The summed E-state index contributed by atoms with van der Waals surface area (Å²) >= 11 is 5.89. The molecule has 3 unspecified atom stereocenters. The second-order valence-electron chi connectivity index (χ2n) is 3.77. The number of rotatable bonds is 2. The van der Waals surface area contributed by atoms with Gasteiger partial charge in [0.2, 0.25) is 5.91 Å². The number of hydrogen-bond donors (Lipinski definition) is 2. The fourth-order valence-electron chi connectivity index (χ4n) is 1.98. The van der Waals surface area contributed by atoms with Gasteiger partial charge in [0.05, 0.1) is 18.5 Å². The van der Waals surface area contributed by atoms with Crippen LogP contribution in [0.4, 0.5) is 0 Å². The quantitative estimate of drug-likeness (QED) is 0.387. The van der Waals surface area contributed by atoms with Crippen LogP contribution in [0, 0.1) is 5.92 Å². The highest BCUT2D eigenvalue weighted by Gasteiger charge is 2.45. The molecule has 2 rings (SSSR count). The fourth-order valence-corrected chi connectivity index (χ4v) is 2.24. The summed E-state index contributed by atoms with van der Waals surface area (Å²) in [5.74, 6) is -0.811. The van der Waals surface area contributed by atoms with Gasteiger partial charge in [0, 0.05) is 6.54 Å². The van der Waals surface area contributed by atoms with Crippen LogP contribution in [0.2, 0.25) is 0 Å². The fraction of sp³-hybridized carbons (Fsp3) is 0.778. The van der Waals surface area contributed by atoms with Crippen molar-refractivity contribution in [2.24, 2.45) is 5.92 Å². The molecule has 90 valence electrons. The minimum absolute atomic E-state index is 0.101. The molecule has 6 nitrogen and oxygen atoms in total. The molecule has 0 aromatic carbocycles. The molecule has 0 aromatic heterocycles. The Kier molecular flexibility index (Phi) is 3.32. The Bertz CT molecular complexity index is 312. The number of nitrogens with zero attached hydrogens (tertiary/aromatic N) is 1. The van der Waals surface area contributed by atoms with E-state index in [1.165, 1.54) is 5.01 Å². The molecule has 7 heteroatoms. The van der Waals surface area contributed by atoms with E-state index in [4.69, 9.17) is 16.3 Å². The van der Waals surface area contributed by atoms with Crippen molar-refractivity contribution < 1.29 is 14.3 Å². The van der Waals surface area contributed by atoms with Gasteiger partial charge < -0.3 is 4.74 Å². The highest BCUT2D eigenvalue weighted by molar-refractivity contribution is 6.21. The Morgan fingerprint density at radius 2 is 2.44 bits per heavy atom. The third-order valence-corrected chi connectivity index (χ3v) is 2.98. The molecule has 16 heavy (non-hydrogen) atoms. The van der Waals surface area contributed by atoms with E-state index in [2.05, 4.69) is 10.7 Å². The van der Waals surface area contributed by atoms with Crippen molar-refractivity contribution in [3.05, 3.63) is 0 Å². The van der Waals surface area contributed by atoms with E-state index >= 15 is 0 Å². The van der Waals surface area contributed by atoms with Gasteiger partial charge in [-0.25, -0.2) is 5.43 Å². The Morgan fingerprint density at radius 1 is 1.69 bits per heavy atom. The summed E-state index contributed by atoms with van der Waals surface area (Å²) < 4.78 is 4.95. The standard InChI is InChI=1S/C9H14ClN3O3/c1-2-16-9(15)5-4-11-13-7(14)3-6(10)12-8(5)13/h5-6,8,11-12H,2-4H2,1H3. The van der Waals surface area contributed by atoms with Crippen molar-refractivity contribution >= 4 is 23.5 Å². The SMILES string of the molecule is CCOC(=O)C1CNN2C(=O)CC(Cl)NC12. The van der Waals surface area contributed by atoms with E-state index in [-0.39, 0.29) is 18.3 Å². The molecule has 2 N–H and O–H groups in total. The van der Waals surface area contributed by atoms with E-state index < -0.39 is 17.6 Å². The van der Waals surface area contributed by atoms with E-state index in [1.54, 1.807) is 6.92 Å². The molecule has 0 saturated carbocycles. The molecule has 2 aliphatic rings. The van der Waals surface area contributed by atoms with Gasteiger partial charge in [0.25, 0.3) is 0 Å². The average molecular weight is 248 g/mol. The molecule has 0 spiro atoms. The largest absolute Gasteiger partial charge is 0.466 e. The lowest BCUT2D eigenvalue weighted by molar-refractivity contribution is -0.150. The van der Waals surface area contributed by atoms with Gasteiger partial charge in [-0.05, 0) is 6.92 Å². The van der Waals surface area contributed by atoms with E-state index in [0.717, 1.165) is 0 Å². The van der Waals surface area contributed by atoms with Crippen molar-refractivity contribution in [3.63, 3.8) is 0 Å². The number of carbonyl (C=O) groups excluding carboxylic acids is 2. The predicted molar refractivity (Wildman–Crippen MR) is 56.2 cm³/mol. The van der Waals surface area contributed by atoms with Crippen molar-refractivity contribution in [3.8, 4) is 0 Å². The maximum absolute atomic E-state index is 11.6. The maximum Gasteiger partial charge on any atom is 0.313 e. The molecule has 3 atom stereocenters. The molecular formula is C9H14ClN3O3. The zero-order chi connectivity index (χ0) is 11.7. The van der Waals surface area contributed by atoms with Gasteiger partial charge in [-0.15, -0.1) is 11.6 Å². The van der Waals surface area contributed by atoms with Crippen LogP contribution in [0.15, 0.2) is 0 Å². The Morgan fingerprint density at radius 3 is 3.12 bits per heavy atom. The first-order valence-electron chi connectivity index (χ1n) is 5.25. The summed E-state index contributed by atoms with van der Waals surface area (Å²) in [6, 6.07) is 0. The highest BCUT2D eigenvalue weighted by Crippen LogP contribution is 2.23. The number of ether oxygens (including phenoxy) is 1. The second-order valence-corrected chi connectivity index (χ2v) is 4.29. The van der Waals surface area contributed by atoms with Crippen LogP contribution in [-0.2, 0) is 14.3 Å². The predicted octanol–water partition coefficient (Wildman–Crippen LogP) is -0.603. The van der Waals surface area contributed by atoms with Crippen LogP contribution in [0.1, 0.15) is 13.3 Å². The van der Waals surface area contributed by atoms with Crippen LogP contribution in [-0.4, -0.2) is 41.7 Å². The monoisotopic (exact) mass is 247 g/mol. The minimum Gasteiger partial charge on any atom is -0.466 e. The first-order valence-corrected chi connectivity index (χ1v) is 5.69. The van der Waals surface area contributed by atoms with E-state index in [9.17, 15) is 9.59 Å². The normalized spacial score (nSPS) is 33.8. The van der Waals surface area contributed by atoms with Crippen molar-refractivity contribution in [1.29, 1.82) is 0 Å². The van der Waals surface area contributed by atoms with Crippen molar-refractivity contribution in [2.75, 3.05) is 13.2 Å². The first kappa shape index (κ1) is 11.6. The summed E-state index contributed by atoms with van der Waals surface area (Å²) in [6.07, 6.45) is -0.177. The summed E-state index contributed by atoms with van der Waals surface area (Å²) in [6.45, 7) is 2.48. The minimum atomic E-state index is -0.425. The molecule has 2 heterocycles. The molecule has 1 amide bonds. The molecule has 2 saturated heterocycles. The molecule has 0 aromatic rings. The second kappa shape index (κ2) is 4.57. The van der Waals surface area contributed by atoms with Gasteiger partial charge in [-0.2, -0.15) is 0 Å². The smallest absolute Gasteiger partial charge is 0.313 e. The third kappa shape index (κ3) is 2.00. The number of halogens is 1. The number of fused-ring (bicyclic) bond motifs is 1. The number of carbonyl (C=O) groups is 2. The summed E-state index contributed by atoms with van der Waals surface area (Å²) in [5.41, 5.74) is 2.45. The summed E-state index contributed by atoms with van der Waals surface area (Å²) in [4.78, 5) is 23.2. The van der Waals surface area contributed by atoms with Crippen LogP contribution >= 0.6 is 11.6 Å². The van der Waals surface area contributed by atoms with Crippen molar-refractivity contribution in [2.45, 2.75) is 25.0 Å². The number of alkyl halides is 1. The number of hydrazine groups is 1. The van der Waals surface area contributed by atoms with Crippen LogP contribution in [0.25, 0.3) is 0 Å². The van der Waals surface area contributed by atoms with Gasteiger partial charge in [0.1, 0.15) is 12.1 Å². The molecule has 0 aliphatic carbocycles. The lowest BCUT2D eigenvalue weighted by Gasteiger charge is -2.34. The van der Waals surface area contributed by atoms with Crippen LogP contribution in [0.5, 0.6) is 0 Å². The van der Waals surface area contributed by atoms with Gasteiger partial charge >= 0.3 is 5.97 Å². The van der Waals surface area contributed by atoms with E-state index in [1.807, 2.05) is 0 Å². The zero-order valence-electron chi connectivity index (χ0n) is 8.90. The summed E-state index contributed by atoms with van der Waals surface area (Å²) in [5, 5.41) is 4.44. The molecule has 0 bridgehead atoms. The van der Waals surface area contributed by atoms with Gasteiger partial charge in [-0.1, -0.05) is 0 Å². The number of amides is 1. The highest BCUT2D eigenvalue weighted by atomic mass is 35.5. The van der Waals surface area contributed by atoms with Crippen LogP contribution < -0.4 is 10.7 Å². The lowest BCUT2D eigenvalue weighted by atomic mass is 10.1. The maximum atomic E-state index is 11.6. The third-order valence-electron chi connectivity index (χ3n) is 2.70. The Hall–Kier alpha value is -0.850. The Balaban J connectivity index is 2.08. The topological polar surface area (TPSA) is 70.7 Å². The van der Waals surface area contributed by atoms with Crippen LogP contribution in [0.3, 0.4) is 0 Å². The van der Waals surface area contributed by atoms with Crippen molar-refractivity contribution in [1.82, 2.24) is 15.8 Å². The lowest BCUT2D eigenvalue weighted by Crippen LogP contribution is -2.59.